The number of anilines is 1. The standard InChI is InChI=1S/C12H17N3O2/c1-13-8-11(16)9-4-2-3-5-10(9)15-7-6-12(17)14-15/h2-5,11,13,16H,6-8H2,1H3,(H,14,17). The number of hydrogen-bond donors (Lipinski definition) is 3. The number of likely N-dealkylation sites (N-methyl/N-ethyl adjacent to an activating group) is 1. The maximum Gasteiger partial charge on any atom is 0.240 e. The van der Waals surface area contributed by atoms with Crippen molar-refractivity contribution < 1.29 is 9.90 Å². The molecule has 3 N–H and O–H groups in total. The van der Waals surface area contributed by atoms with E-state index in [1.54, 1.807) is 12.1 Å². The van der Waals surface area contributed by atoms with Gasteiger partial charge in [0.05, 0.1) is 11.8 Å². The molecular weight excluding hydrogens is 218 g/mol. The first-order chi connectivity index (χ1) is 8.22. The third kappa shape index (κ3) is 2.57. The van der Waals surface area contributed by atoms with Gasteiger partial charge in [0, 0.05) is 25.1 Å². The molecule has 1 amide bonds. The fraction of sp³-hybridized carbons (Fsp3) is 0.417. The van der Waals surface area contributed by atoms with Crippen LogP contribution in [0.3, 0.4) is 0 Å². The van der Waals surface area contributed by atoms with Crippen LogP contribution in [0.4, 0.5) is 5.69 Å². The number of aliphatic hydroxyl groups excluding tert-OH is 1. The number of para-hydroxylation sites is 1. The van der Waals surface area contributed by atoms with Crippen LogP contribution in [0.2, 0.25) is 0 Å². The van der Waals surface area contributed by atoms with E-state index in [-0.39, 0.29) is 5.91 Å². The number of carbonyl (C=O) groups is 1. The molecule has 1 heterocycles. The van der Waals surface area contributed by atoms with Gasteiger partial charge in [-0.1, -0.05) is 18.2 Å². The van der Waals surface area contributed by atoms with E-state index in [9.17, 15) is 9.90 Å². The van der Waals surface area contributed by atoms with Crippen LogP contribution in [0, 0.1) is 0 Å². The molecule has 0 aromatic heterocycles. The number of rotatable bonds is 4. The Morgan fingerprint density at radius 2 is 2.29 bits per heavy atom. The molecule has 1 atom stereocenters. The van der Waals surface area contributed by atoms with E-state index >= 15 is 0 Å². The van der Waals surface area contributed by atoms with Gasteiger partial charge in [0.25, 0.3) is 0 Å². The predicted octanol–water partition coefficient (Wildman–Crippen LogP) is 0.181. The van der Waals surface area contributed by atoms with Gasteiger partial charge in [-0.2, -0.15) is 0 Å². The van der Waals surface area contributed by atoms with Gasteiger partial charge in [-0.15, -0.1) is 0 Å². The Hall–Kier alpha value is -1.59. The van der Waals surface area contributed by atoms with Crippen molar-refractivity contribution in [3.63, 3.8) is 0 Å². The SMILES string of the molecule is CNCC(O)c1ccccc1N1CCC(=O)N1. The molecule has 1 aromatic rings. The molecule has 0 spiro atoms. The summed E-state index contributed by atoms with van der Waals surface area (Å²) in [5, 5.41) is 14.8. The monoisotopic (exact) mass is 235 g/mol. The molecule has 5 nitrogen and oxygen atoms in total. The first kappa shape index (κ1) is 11.9. The van der Waals surface area contributed by atoms with Crippen molar-refractivity contribution in [2.75, 3.05) is 25.1 Å². The Labute approximate surface area is 100 Å². The van der Waals surface area contributed by atoms with Crippen LogP contribution in [0.1, 0.15) is 18.1 Å². The summed E-state index contributed by atoms with van der Waals surface area (Å²) < 4.78 is 0. The van der Waals surface area contributed by atoms with Gasteiger partial charge in [0.1, 0.15) is 0 Å². The third-order valence-electron chi connectivity index (χ3n) is 2.81. The summed E-state index contributed by atoms with van der Waals surface area (Å²) in [5.74, 6) is 0.0166. The summed E-state index contributed by atoms with van der Waals surface area (Å²) in [6.45, 7) is 1.13. The summed E-state index contributed by atoms with van der Waals surface area (Å²) in [5.41, 5.74) is 4.46. The van der Waals surface area contributed by atoms with Crippen LogP contribution in [0.5, 0.6) is 0 Å². The van der Waals surface area contributed by atoms with Gasteiger partial charge in [0.15, 0.2) is 0 Å². The van der Waals surface area contributed by atoms with Crippen LogP contribution in [-0.4, -0.2) is 31.2 Å². The topological polar surface area (TPSA) is 64.6 Å². The first-order valence-corrected chi connectivity index (χ1v) is 5.71. The third-order valence-corrected chi connectivity index (χ3v) is 2.81. The molecule has 92 valence electrons. The molecule has 0 radical (unpaired) electrons. The number of benzene rings is 1. The van der Waals surface area contributed by atoms with Crippen molar-refractivity contribution in [2.45, 2.75) is 12.5 Å². The van der Waals surface area contributed by atoms with E-state index in [0.717, 1.165) is 11.3 Å². The lowest BCUT2D eigenvalue weighted by Gasteiger charge is -2.23. The van der Waals surface area contributed by atoms with Gasteiger partial charge < -0.3 is 10.4 Å². The van der Waals surface area contributed by atoms with Crippen molar-refractivity contribution in [3.8, 4) is 0 Å². The predicted molar refractivity (Wildman–Crippen MR) is 65.4 cm³/mol. The highest BCUT2D eigenvalue weighted by atomic mass is 16.3. The lowest BCUT2D eigenvalue weighted by molar-refractivity contribution is -0.119. The molecule has 0 bridgehead atoms. The normalized spacial score (nSPS) is 17.1. The molecule has 0 aliphatic carbocycles. The molecule has 1 fully saturated rings. The van der Waals surface area contributed by atoms with Gasteiger partial charge >= 0.3 is 0 Å². The van der Waals surface area contributed by atoms with Gasteiger partial charge in [-0.25, -0.2) is 0 Å². The van der Waals surface area contributed by atoms with Crippen LogP contribution >= 0.6 is 0 Å². The molecule has 1 aliphatic rings. The highest BCUT2D eigenvalue weighted by molar-refractivity contribution is 5.82. The highest BCUT2D eigenvalue weighted by Gasteiger charge is 2.22. The maximum atomic E-state index is 11.2. The van der Waals surface area contributed by atoms with E-state index in [2.05, 4.69) is 10.7 Å². The molecule has 5 heteroatoms. The molecule has 0 saturated carbocycles. The zero-order valence-corrected chi connectivity index (χ0v) is 9.81. The minimum absolute atomic E-state index is 0.0166. The van der Waals surface area contributed by atoms with E-state index in [0.29, 0.717) is 19.5 Å². The zero-order chi connectivity index (χ0) is 12.3. The Bertz CT molecular complexity index is 408. The van der Waals surface area contributed by atoms with Crippen molar-refractivity contribution in [1.82, 2.24) is 10.7 Å². The summed E-state index contributed by atoms with van der Waals surface area (Å²) in [4.78, 5) is 11.2. The van der Waals surface area contributed by atoms with E-state index in [1.165, 1.54) is 0 Å². The number of nitrogens with one attached hydrogen (secondary N) is 2. The van der Waals surface area contributed by atoms with Crippen LogP contribution in [0.15, 0.2) is 24.3 Å². The lowest BCUT2D eigenvalue weighted by Crippen LogP contribution is -2.34. The number of amides is 1. The Morgan fingerprint density at radius 1 is 1.53 bits per heavy atom. The largest absolute Gasteiger partial charge is 0.387 e. The second-order valence-electron chi connectivity index (χ2n) is 4.07. The fourth-order valence-electron chi connectivity index (χ4n) is 1.97. The maximum absolute atomic E-state index is 11.2. The van der Waals surface area contributed by atoms with E-state index < -0.39 is 6.10 Å². The van der Waals surface area contributed by atoms with Crippen molar-refractivity contribution in [3.05, 3.63) is 29.8 Å². The molecule has 1 unspecified atom stereocenters. The minimum Gasteiger partial charge on any atom is -0.387 e. The minimum atomic E-state index is -0.575. The number of carbonyl (C=O) groups excluding carboxylic acids is 1. The number of hydrogen-bond acceptors (Lipinski definition) is 4. The first-order valence-electron chi connectivity index (χ1n) is 5.71. The van der Waals surface area contributed by atoms with E-state index in [1.807, 2.05) is 24.3 Å². The summed E-state index contributed by atoms with van der Waals surface area (Å²) in [6.07, 6.45) is -0.0788. The van der Waals surface area contributed by atoms with Crippen molar-refractivity contribution in [2.24, 2.45) is 0 Å². The second kappa shape index (κ2) is 5.16. The zero-order valence-electron chi connectivity index (χ0n) is 9.81. The Kier molecular flexibility index (Phi) is 3.61. The molecule has 2 rings (SSSR count). The van der Waals surface area contributed by atoms with Crippen LogP contribution in [-0.2, 0) is 4.79 Å². The summed E-state index contributed by atoms with van der Waals surface area (Å²) in [6, 6.07) is 7.56. The van der Waals surface area contributed by atoms with E-state index in [4.69, 9.17) is 0 Å². The highest BCUT2D eigenvalue weighted by Crippen LogP contribution is 2.26. The van der Waals surface area contributed by atoms with Crippen LogP contribution in [0.25, 0.3) is 0 Å². The molecule has 1 saturated heterocycles. The molecule has 1 aliphatic heterocycles. The summed E-state index contributed by atoms with van der Waals surface area (Å²) >= 11 is 0. The fourth-order valence-corrected chi connectivity index (χ4v) is 1.97. The quantitative estimate of drug-likeness (QED) is 0.696. The van der Waals surface area contributed by atoms with Gasteiger partial charge in [-0.05, 0) is 13.1 Å². The second-order valence-corrected chi connectivity index (χ2v) is 4.07. The number of aliphatic hydroxyl groups is 1. The van der Waals surface area contributed by atoms with Crippen molar-refractivity contribution in [1.29, 1.82) is 0 Å². The Morgan fingerprint density at radius 3 is 2.94 bits per heavy atom. The summed E-state index contributed by atoms with van der Waals surface area (Å²) in [7, 11) is 1.80. The molecular formula is C12H17N3O2. The Balaban J connectivity index is 2.24. The van der Waals surface area contributed by atoms with Crippen LogP contribution < -0.4 is 15.8 Å². The number of nitrogens with zero attached hydrogens (tertiary/aromatic N) is 1. The molecule has 17 heavy (non-hydrogen) atoms. The van der Waals surface area contributed by atoms with Crippen molar-refractivity contribution >= 4 is 11.6 Å². The van der Waals surface area contributed by atoms with Gasteiger partial charge in [-0.3, -0.25) is 15.2 Å². The smallest absolute Gasteiger partial charge is 0.240 e. The average Bonchev–Trinajstić information content (AvgIpc) is 2.76. The lowest BCUT2D eigenvalue weighted by atomic mass is 10.1. The average molecular weight is 235 g/mol. The number of hydrazine groups is 1. The van der Waals surface area contributed by atoms with Gasteiger partial charge in [0.2, 0.25) is 5.91 Å². The molecule has 1 aromatic carbocycles.